The Kier molecular flexibility index (Phi) is 16.0. The van der Waals surface area contributed by atoms with Crippen molar-refractivity contribution in [3.8, 4) is 0 Å². The highest BCUT2D eigenvalue weighted by Crippen LogP contribution is 2.31. The molecule has 1 heterocycles. The maximum atomic E-state index is 10.9. The molecule has 0 atom stereocenters. The van der Waals surface area contributed by atoms with Gasteiger partial charge in [0.15, 0.2) is 5.12 Å². The number of carbonyl (C=O) groups is 1. The third-order valence-corrected chi connectivity index (χ3v) is 4.33. The van der Waals surface area contributed by atoms with E-state index in [9.17, 15) is 4.79 Å². The van der Waals surface area contributed by atoms with Crippen LogP contribution in [0.2, 0.25) is 0 Å². The van der Waals surface area contributed by atoms with Gasteiger partial charge in [-0.3, -0.25) is 4.79 Å². The summed E-state index contributed by atoms with van der Waals surface area (Å²) in [6.07, 6.45) is 1.31. The number of carbonyl (C=O) groups excluding carboxylic acids is 1. The molecule has 0 unspecified atom stereocenters. The standard InChI is InChI=1S/C8H6OS.C8H10OS.S3.S2/c9-8-5-6-3-1-2-4-7(6)10-8;9-6-5-7-3-1-2-4-8(7)10;1-3-2;1-2/h1-4H,5H2;1-4,9-10H,5-6H2;;. The minimum Gasteiger partial charge on any atom is -0.396 e. The molecule has 0 fully saturated rings. The van der Waals surface area contributed by atoms with E-state index in [1.165, 1.54) is 17.3 Å². The van der Waals surface area contributed by atoms with Crippen molar-refractivity contribution in [2.24, 2.45) is 0 Å². The molecule has 0 saturated carbocycles. The second-order valence-corrected chi connectivity index (χ2v) is 7.78. The van der Waals surface area contributed by atoms with Gasteiger partial charge in [-0.25, -0.2) is 0 Å². The van der Waals surface area contributed by atoms with Gasteiger partial charge in [-0.1, -0.05) is 48.2 Å². The molecule has 134 valence electrons. The second kappa shape index (κ2) is 16.1. The summed E-state index contributed by atoms with van der Waals surface area (Å²) in [7, 11) is 0.917. The largest absolute Gasteiger partial charge is 0.396 e. The number of rotatable bonds is 2. The van der Waals surface area contributed by atoms with Crippen molar-refractivity contribution in [1.82, 2.24) is 0 Å². The molecule has 0 radical (unpaired) electrons. The van der Waals surface area contributed by atoms with Crippen LogP contribution in [0.3, 0.4) is 0 Å². The quantitative estimate of drug-likeness (QED) is 0.660. The number of hydrogen-bond donors (Lipinski definition) is 2. The summed E-state index contributed by atoms with van der Waals surface area (Å²) in [5.41, 5.74) is 2.28. The highest BCUT2D eigenvalue weighted by molar-refractivity contribution is 8.37. The van der Waals surface area contributed by atoms with E-state index in [1.54, 1.807) is 0 Å². The highest BCUT2D eigenvalue weighted by atomic mass is 33.1. The van der Waals surface area contributed by atoms with Gasteiger partial charge < -0.3 is 5.11 Å². The number of benzene rings is 2. The van der Waals surface area contributed by atoms with Gasteiger partial charge in [0.05, 0.1) is 0 Å². The molecular weight excluding hydrogens is 449 g/mol. The maximum absolute atomic E-state index is 10.9. The zero-order chi connectivity index (χ0) is 19.1. The summed E-state index contributed by atoms with van der Waals surface area (Å²) >= 11 is 21.2. The lowest BCUT2D eigenvalue weighted by atomic mass is 10.2. The first-order valence-corrected chi connectivity index (χ1v) is 12.1. The third-order valence-electron chi connectivity index (χ3n) is 2.90. The summed E-state index contributed by atoms with van der Waals surface area (Å²) in [5, 5.41) is 8.88. The monoisotopic (exact) mass is 464 g/mol. The van der Waals surface area contributed by atoms with Crippen molar-refractivity contribution >= 4 is 83.1 Å². The van der Waals surface area contributed by atoms with Gasteiger partial charge in [-0.2, -0.15) is 0 Å². The fraction of sp³-hybridized carbons (Fsp3) is 0.188. The molecule has 25 heavy (non-hydrogen) atoms. The van der Waals surface area contributed by atoms with Crippen LogP contribution < -0.4 is 0 Å². The zero-order valence-corrected chi connectivity index (χ0v) is 18.8. The van der Waals surface area contributed by atoms with Gasteiger partial charge in [0.1, 0.15) is 0 Å². The van der Waals surface area contributed by atoms with E-state index < -0.39 is 0 Å². The Morgan fingerprint density at radius 3 is 2.20 bits per heavy atom. The van der Waals surface area contributed by atoms with Gasteiger partial charge in [0.2, 0.25) is 0 Å². The zero-order valence-electron chi connectivity index (χ0n) is 13.0. The molecule has 0 amide bonds. The van der Waals surface area contributed by atoms with Crippen molar-refractivity contribution in [3.05, 3.63) is 59.7 Å². The van der Waals surface area contributed by atoms with Crippen LogP contribution in [0.25, 0.3) is 0 Å². The van der Waals surface area contributed by atoms with Crippen molar-refractivity contribution in [3.63, 3.8) is 0 Å². The number of aliphatic hydroxyl groups is 1. The summed E-state index contributed by atoms with van der Waals surface area (Å²) < 4.78 is 0. The van der Waals surface area contributed by atoms with Crippen LogP contribution in [-0.2, 0) is 71.3 Å². The number of fused-ring (bicyclic) bond motifs is 1. The molecule has 3 rings (SSSR count). The first kappa shape index (κ1) is 24.9. The highest BCUT2D eigenvalue weighted by Gasteiger charge is 2.17. The van der Waals surface area contributed by atoms with Crippen molar-refractivity contribution in [2.75, 3.05) is 6.61 Å². The van der Waals surface area contributed by atoms with E-state index in [2.05, 4.69) is 57.4 Å². The molecule has 0 saturated heterocycles. The summed E-state index contributed by atoms with van der Waals surface area (Å²) in [4.78, 5) is 13.0. The molecule has 1 aliphatic heterocycles. The molecule has 2 aromatic rings. The molecule has 0 bridgehead atoms. The van der Waals surface area contributed by atoms with Crippen LogP contribution in [0.5, 0.6) is 0 Å². The molecular formula is C16H16O2S7. The summed E-state index contributed by atoms with van der Waals surface area (Å²) in [5.74, 6) is 0. The minimum absolute atomic E-state index is 0.192. The molecule has 0 aromatic heterocycles. The second-order valence-electron chi connectivity index (χ2n) is 4.43. The SMILES string of the molecule is O=C1Cc2ccccc2S1.OCCc1ccccc1S.S=S.S=S=S. The number of thiol groups is 1. The lowest BCUT2D eigenvalue weighted by molar-refractivity contribution is -0.110. The number of aliphatic hydroxyl groups excluding tert-OH is 1. The smallest absolute Gasteiger partial charge is 0.198 e. The van der Waals surface area contributed by atoms with Crippen LogP contribution in [0.4, 0.5) is 0 Å². The normalized spacial score (nSPS) is 10.7. The van der Waals surface area contributed by atoms with E-state index in [-0.39, 0.29) is 11.7 Å². The Bertz CT molecular complexity index is 673. The maximum Gasteiger partial charge on any atom is 0.198 e. The van der Waals surface area contributed by atoms with Crippen LogP contribution in [0, 0.1) is 0 Å². The van der Waals surface area contributed by atoms with E-state index in [0.717, 1.165) is 24.2 Å². The first-order valence-electron chi connectivity index (χ1n) is 6.87. The fourth-order valence-corrected chi connectivity index (χ4v) is 3.07. The van der Waals surface area contributed by atoms with Gasteiger partial charge in [-0.15, -0.1) is 12.6 Å². The lowest BCUT2D eigenvalue weighted by Crippen LogP contribution is -1.90. The van der Waals surface area contributed by atoms with Gasteiger partial charge in [0.25, 0.3) is 0 Å². The molecule has 0 aliphatic carbocycles. The predicted octanol–water partition coefficient (Wildman–Crippen LogP) is 3.36. The van der Waals surface area contributed by atoms with Crippen molar-refractivity contribution in [1.29, 1.82) is 0 Å². The predicted molar refractivity (Wildman–Crippen MR) is 122 cm³/mol. The Labute approximate surface area is 180 Å². The Hall–Kier alpha value is -0.130. The molecule has 1 N–H and O–H groups in total. The van der Waals surface area contributed by atoms with E-state index in [1.807, 2.05) is 48.5 Å². The molecule has 1 aliphatic rings. The Balaban J connectivity index is 0.000000368. The molecule has 0 spiro atoms. The summed E-state index contributed by atoms with van der Waals surface area (Å²) in [6, 6.07) is 15.7. The topological polar surface area (TPSA) is 37.3 Å². The fourth-order valence-electron chi connectivity index (χ4n) is 1.91. The summed E-state index contributed by atoms with van der Waals surface area (Å²) in [6.45, 7) is 0.192. The van der Waals surface area contributed by atoms with Gasteiger partial charge in [-0.05, 0) is 29.7 Å². The average Bonchev–Trinajstić information content (AvgIpc) is 3.00. The van der Waals surface area contributed by atoms with Crippen LogP contribution in [0.15, 0.2) is 58.3 Å². The number of thioether (sulfide) groups is 1. The lowest BCUT2D eigenvalue weighted by Gasteiger charge is -1.99. The minimum atomic E-state index is 0.192. The molecule has 2 nitrogen and oxygen atoms in total. The van der Waals surface area contributed by atoms with Crippen LogP contribution in [0.1, 0.15) is 11.1 Å². The molecule has 9 heteroatoms. The Morgan fingerprint density at radius 2 is 1.64 bits per heavy atom. The number of hydrogen-bond acceptors (Lipinski definition) is 8. The van der Waals surface area contributed by atoms with E-state index in [4.69, 9.17) is 5.11 Å². The Morgan fingerprint density at radius 1 is 1.08 bits per heavy atom. The molecule has 2 aromatic carbocycles. The van der Waals surface area contributed by atoms with Gasteiger partial charge >= 0.3 is 0 Å². The van der Waals surface area contributed by atoms with Crippen LogP contribution in [-0.4, -0.2) is 16.8 Å². The van der Waals surface area contributed by atoms with Crippen molar-refractivity contribution in [2.45, 2.75) is 22.6 Å². The first-order chi connectivity index (χ1) is 12.1. The van der Waals surface area contributed by atoms with Gasteiger partial charge in [0, 0.05) is 76.5 Å². The van der Waals surface area contributed by atoms with E-state index in [0.29, 0.717) is 12.8 Å². The van der Waals surface area contributed by atoms with E-state index >= 15 is 0 Å². The van der Waals surface area contributed by atoms with Crippen molar-refractivity contribution < 1.29 is 9.90 Å². The van der Waals surface area contributed by atoms with Crippen LogP contribution >= 0.6 is 24.4 Å². The average molecular weight is 465 g/mol. The third kappa shape index (κ3) is 10.6.